The van der Waals surface area contributed by atoms with Gasteiger partial charge in [0.2, 0.25) is 0 Å². The van der Waals surface area contributed by atoms with Crippen molar-refractivity contribution in [2.75, 3.05) is 39.8 Å². The molecule has 1 aliphatic heterocycles. The largest absolute Gasteiger partial charge is 0.346 e. The number of pyridine rings is 1. The van der Waals surface area contributed by atoms with E-state index in [-0.39, 0.29) is 5.56 Å². The summed E-state index contributed by atoms with van der Waals surface area (Å²) in [5.74, 6) is 0. The van der Waals surface area contributed by atoms with E-state index in [0.717, 1.165) is 56.6 Å². The van der Waals surface area contributed by atoms with Crippen LogP contribution in [0.5, 0.6) is 0 Å². The van der Waals surface area contributed by atoms with Crippen LogP contribution in [0.2, 0.25) is 0 Å². The highest BCUT2D eigenvalue weighted by molar-refractivity contribution is 5.78. The summed E-state index contributed by atoms with van der Waals surface area (Å²) in [5.41, 5.74) is 0.926. The molecule has 0 aromatic carbocycles. The van der Waals surface area contributed by atoms with Gasteiger partial charge in [0, 0.05) is 57.6 Å². The zero-order valence-corrected chi connectivity index (χ0v) is 13.0. The van der Waals surface area contributed by atoms with Crippen LogP contribution in [-0.2, 0) is 13.6 Å². The Kier molecular flexibility index (Phi) is 4.12. The third kappa shape index (κ3) is 3.04. The maximum Gasteiger partial charge on any atom is 0.275 e. The summed E-state index contributed by atoms with van der Waals surface area (Å²) in [4.78, 5) is 17.3. The normalized spacial score (nSPS) is 17.6. The molecule has 1 saturated heterocycles. The highest BCUT2D eigenvalue weighted by atomic mass is 16.1. The Morgan fingerprint density at radius 2 is 1.71 bits per heavy atom. The summed E-state index contributed by atoms with van der Waals surface area (Å²) in [7, 11) is 4.10. The molecule has 3 rings (SSSR count). The molecule has 0 aliphatic carbocycles. The Hall–Kier alpha value is -1.59. The van der Waals surface area contributed by atoms with E-state index in [2.05, 4.69) is 16.8 Å². The fraction of sp³-hybridized carbons (Fsp3) is 0.562. The van der Waals surface area contributed by atoms with Crippen LogP contribution in [-0.4, -0.2) is 58.7 Å². The summed E-state index contributed by atoms with van der Waals surface area (Å²) in [6, 6.07) is 4.03. The van der Waals surface area contributed by atoms with Gasteiger partial charge in [-0.3, -0.25) is 4.79 Å². The molecule has 3 heterocycles. The molecule has 0 unspecified atom stereocenters. The number of nitrogens with zero attached hydrogens (tertiary/aromatic N) is 4. The molecule has 0 atom stereocenters. The minimum absolute atomic E-state index is 0.123. The Labute approximate surface area is 125 Å². The molecule has 1 aliphatic rings. The maximum atomic E-state index is 12.5. The molecular weight excluding hydrogens is 264 g/mol. The van der Waals surface area contributed by atoms with Crippen molar-refractivity contribution >= 4 is 10.9 Å². The minimum Gasteiger partial charge on any atom is -0.346 e. The van der Waals surface area contributed by atoms with Crippen molar-refractivity contribution in [2.24, 2.45) is 7.05 Å². The number of piperazine rings is 1. The van der Waals surface area contributed by atoms with Crippen LogP contribution in [0.3, 0.4) is 0 Å². The first-order chi connectivity index (χ1) is 10.1. The van der Waals surface area contributed by atoms with Crippen LogP contribution in [0.1, 0.15) is 6.42 Å². The predicted molar refractivity (Wildman–Crippen MR) is 85.7 cm³/mol. The summed E-state index contributed by atoms with van der Waals surface area (Å²) >= 11 is 0. The number of hydrogen-bond donors (Lipinski definition) is 0. The average molecular weight is 288 g/mol. The maximum absolute atomic E-state index is 12.5. The Bertz CT molecular complexity index is 664. The molecular formula is C16H24N4O. The molecule has 5 heteroatoms. The molecule has 21 heavy (non-hydrogen) atoms. The minimum atomic E-state index is 0.123. The number of rotatable bonds is 4. The van der Waals surface area contributed by atoms with Gasteiger partial charge in [0.05, 0.1) is 0 Å². The van der Waals surface area contributed by atoms with E-state index >= 15 is 0 Å². The zero-order chi connectivity index (χ0) is 14.8. The van der Waals surface area contributed by atoms with Crippen LogP contribution < -0.4 is 5.56 Å². The van der Waals surface area contributed by atoms with Crippen LogP contribution >= 0.6 is 0 Å². The Morgan fingerprint density at radius 1 is 1.00 bits per heavy atom. The molecule has 0 N–H and O–H groups in total. The summed E-state index contributed by atoms with van der Waals surface area (Å²) in [5, 5.41) is 1.03. The number of hydrogen-bond acceptors (Lipinski definition) is 3. The predicted octanol–water partition coefficient (Wildman–Crippen LogP) is 0.977. The second kappa shape index (κ2) is 6.03. The van der Waals surface area contributed by atoms with Gasteiger partial charge in [0.25, 0.3) is 5.56 Å². The van der Waals surface area contributed by atoms with Gasteiger partial charge >= 0.3 is 0 Å². The summed E-state index contributed by atoms with van der Waals surface area (Å²) in [6.45, 7) is 6.45. The highest BCUT2D eigenvalue weighted by Crippen LogP contribution is 2.09. The van der Waals surface area contributed by atoms with Crippen molar-refractivity contribution in [2.45, 2.75) is 13.0 Å². The molecule has 2 aromatic heterocycles. The third-order valence-electron chi connectivity index (χ3n) is 4.47. The van der Waals surface area contributed by atoms with Crippen molar-refractivity contribution in [3.63, 3.8) is 0 Å². The summed E-state index contributed by atoms with van der Waals surface area (Å²) < 4.78 is 3.76. The lowest BCUT2D eigenvalue weighted by Gasteiger charge is -2.32. The van der Waals surface area contributed by atoms with E-state index in [1.165, 1.54) is 0 Å². The van der Waals surface area contributed by atoms with E-state index in [0.29, 0.717) is 0 Å². The van der Waals surface area contributed by atoms with E-state index in [4.69, 9.17) is 0 Å². The zero-order valence-electron chi connectivity index (χ0n) is 13.0. The number of aromatic nitrogens is 2. The third-order valence-corrected chi connectivity index (χ3v) is 4.47. The van der Waals surface area contributed by atoms with Crippen molar-refractivity contribution in [3.8, 4) is 0 Å². The Balaban J connectivity index is 1.62. The van der Waals surface area contributed by atoms with Crippen molar-refractivity contribution in [1.29, 1.82) is 0 Å². The van der Waals surface area contributed by atoms with Gasteiger partial charge in [0.1, 0.15) is 5.52 Å². The first-order valence-electron chi connectivity index (χ1n) is 7.70. The molecule has 0 amide bonds. The molecule has 0 saturated carbocycles. The molecule has 5 nitrogen and oxygen atoms in total. The number of fused-ring (bicyclic) bond motifs is 1. The topological polar surface area (TPSA) is 33.4 Å². The molecule has 0 spiro atoms. The first kappa shape index (κ1) is 14.4. The van der Waals surface area contributed by atoms with Crippen LogP contribution in [0.4, 0.5) is 0 Å². The monoisotopic (exact) mass is 288 g/mol. The fourth-order valence-electron chi connectivity index (χ4n) is 3.04. The quantitative estimate of drug-likeness (QED) is 0.841. The Morgan fingerprint density at radius 3 is 2.48 bits per heavy atom. The van der Waals surface area contributed by atoms with Crippen LogP contribution in [0, 0.1) is 0 Å². The van der Waals surface area contributed by atoms with E-state index in [1.807, 2.05) is 40.7 Å². The van der Waals surface area contributed by atoms with Crippen molar-refractivity contribution < 1.29 is 0 Å². The smallest absolute Gasteiger partial charge is 0.275 e. The van der Waals surface area contributed by atoms with Crippen molar-refractivity contribution in [1.82, 2.24) is 18.9 Å². The average Bonchev–Trinajstić information content (AvgIpc) is 2.86. The van der Waals surface area contributed by atoms with Gasteiger partial charge < -0.3 is 18.9 Å². The lowest BCUT2D eigenvalue weighted by Crippen LogP contribution is -2.44. The highest BCUT2D eigenvalue weighted by Gasteiger charge is 2.13. The number of aryl methyl sites for hydroxylation is 2. The van der Waals surface area contributed by atoms with E-state index in [9.17, 15) is 4.79 Å². The summed E-state index contributed by atoms with van der Waals surface area (Å²) in [6.07, 6.45) is 4.90. The SMILES string of the molecule is CN1CCN(CCCn2ccc3ccn(C)c3c2=O)CC1. The molecule has 2 aromatic rings. The van der Waals surface area contributed by atoms with Gasteiger partial charge in [-0.2, -0.15) is 0 Å². The van der Waals surface area contributed by atoms with Gasteiger partial charge in [-0.25, -0.2) is 0 Å². The number of likely N-dealkylation sites (N-methyl/N-ethyl adjacent to an activating group) is 1. The molecule has 1 fully saturated rings. The van der Waals surface area contributed by atoms with Gasteiger partial charge in [-0.1, -0.05) is 0 Å². The van der Waals surface area contributed by atoms with Crippen molar-refractivity contribution in [3.05, 3.63) is 34.9 Å². The van der Waals surface area contributed by atoms with Gasteiger partial charge in [-0.15, -0.1) is 0 Å². The van der Waals surface area contributed by atoms with E-state index < -0.39 is 0 Å². The molecule has 0 radical (unpaired) electrons. The fourth-order valence-corrected chi connectivity index (χ4v) is 3.04. The van der Waals surface area contributed by atoms with Crippen LogP contribution in [0.15, 0.2) is 29.3 Å². The lowest BCUT2D eigenvalue weighted by atomic mass is 10.3. The van der Waals surface area contributed by atoms with E-state index in [1.54, 1.807) is 0 Å². The molecule has 0 bridgehead atoms. The first-order valence-corrected chi connectivity index (χ1v) is 7.70. The van der Waals surface area contributed by atoms with Gasteiger partial charge in [-0.05, 0) is 32.1 Å². The second-order valence-corrected chi connectivity index (χ2v) is 6.04. The van der Waals surface area contributed by atoms with Gasteiger partial charge in [0.15, 0.2) is 0 Å². The second-order valence-electron chi connectivity index (χ2n) is 6.04. The lowest BCUT2D eigenvalue weighted by molar-refractivity contribution is 0.151. The standard InChI is InChI=1S/C16H24N4O/c1-17-10-12-19(13-11-17)6-3-7-20-9-5-14-4-8-18(2)15(14)16(20)21/h4-5,8-9H,3,6-7,10-13H2,1-2H3. The molecule has 114 valence electrons. The van der Waals surface area contributed by atoms with Crippen LogP contribution in [0.25, 0.3) is 10.9 Å².